The van der Waals surface area contributed by atoms with E-state index in [4.69, 9.17) is 5.73 Å². The van der Waals surface area contributed by atoms with Crippen LogP contribution in [-0.2, 0) is 6.54 Å². The number of hydrogen-bond donors (Lipinski definition) is 1. The Bertz CT molecular complexity index is 354. The second-order valence-electron chi connectivity index (χ2n) is 4.42. The fourth-order valence-corrected chi connectivity index (χ4v) is 2.08. The van der Waals surface area contributed by atoms with Crippen molar-refractivity contribution in [3.8, 4) is 0 Å². The van der Waals surface area contributed by atoms with Crippen LogP contribution in [0.15, 0.2) is 16.7 Å². The number of aromatic nitrogens is 1. The van der Waals surface area contributed by atoms with E-state index in [1.54, 1.807) is 0 Å². The minimum Gasteiger partial charge on any atom is -0.359 e. The van der Waals surface area contributed by atoms with Crippen molar-refractivity contribution in [3.05, 3.63) is 22.3 Å². The summed E-state index contributed by atoms with van der Waals surface area (Å²) in [5, 5.41) is 0. The highest BCUT2D eigenvalue weighted by Crippen LogP contribution is 2.20. The summed E-state index contributed by atoms with van der Waals surface area (Å²) in [5.74, 6) is 0.981. The van der Waals surface area contributed by atoms with Crippen LogP contribution in [0.2, 0.25) is 0 Å². The van der Waals surface area contributed by atoms with Crippen LogP contribution >= 0.6 is 15.9 Å². The molecule has 4 nitrogen and oxygen atoms in total. The van der Waals surface area contributed by atoms with Gasteiger partial charge in [-0.1, -0.05) is 0 Å². The molecule has 0 aliphatic heterocycles. The number of nitrogens with two attached hydrogens (primary N) is 1. The molecule has 0 saturated carbocycles. The molecule has 2 N–H and O–H groups in total. The Morgan fingerprint density at radius 1 is 1.29 bits per heavy atom. The van der Waals surface area contributed by atoms with Crippen LogP contribution in [0.25, 0.3) is 0 Å². The molecule has 0 unspecified atom stereocenters. The molecule has 1 aromatic heterocycles. The molecule has 0 fully saturated rings. The Morgan fingerprint density at radius 2 is 2.00 bits per heavy atom. The van der Waals surface area contributed by atoms with E-state index in [9.17, 15) is 0 Å². The van der Waals surface area contributed by atoms with E-state index in [2.05, 4.69) is 51.9 Å². The van der Waals surface area contributed by atoms with Gasteiger partial charge in [-0.15, -0.1) is 0 Å². The first kappa shape index (κ1) is 14.4. The van der Waals surface area contributed by atoms with E-state index < -0.39 is 0 Å². The smallest absolute Gasteiger partial charge is 0.132 e. The van der Waals surface area contributed by atoms with Gasteiger partial charge in [0.15, 0.2) is 0 Å². The Balaban J connectivity index is 2.64. The lowest BCUT2D eigenvalue weighted by molar-refractivity contribution is 0.401. The summed E-state index contributed by atoms with van der Waals surface area (Å²) in [6.07, 6.45) is 2.93. The third-order valence-corrected chi connectivity index (χ3v) is 3.02. The van der Waals surface area contributed by atoms with Gasteiger partial charge < -0.3 is 15.5 Å². The zero-order valence-electron chi connectivity index (χ0n) is 10.8. The number of nitrogens with zero attached hydrogens (tertiary/aromatic N) is 3. The number of rotatable bonds is 6. The van der Waals surface area contributed by atoms with Gasteiger partial charge in [0, 0.05) is 36.4 Å². The molecule has 1 rings (SSSR count). The minimum absolute atomic E-state index is 0.514. The summed E-state index contributed by atoms with van der Waals surface area (Å²) in [6, 6.07) is 2.03. The maximum Gasteiger partial charge on any atom is 0.132 e. The highest BCUT2D eigenvalue weighted by molar-refractivity contribution is 9.10. The molecular weight excluding hydrogens is 280 g/mol. The largest absolute Gasteiger partial charge is 0.359 e. The zero-order valence-corrected chi connectivity index (χ0v) is 12.4. The second kappa shape index (κ2) is 6.93. The maximum absolute atomic E-state index is 5.74. The molecule has 5 heteroatoms. The van der Waals surface area contributed by atoms with E-state index in [0.29, 0.717) is 6.54 Å². The second-order valence-corrected chi connectivity index (χ2v) is 5.33. The van der Waals surface area contributed by atoms with Gasteiger partial charge in [0.2, 0.25) is 0 Å². The monoisotopic (exact) mass is 300 g/mol. The van der Waals surface area contributed by atoms with Gasteiger partial charge in [-0.25, -0.2) is 4.98 Å². The highest BCUT2D eigenvalue weighted by atomic mass is 79.9. The third-order valence-electron chi connectivity index (χ3n) is 2.59. The fraction of sp³-hybridized carbons (Fsp3) is 0.583. The van der Waals surface area contributed by atoms with Crippen molar-refractivity contribution < 1.29 is 0 Å². The Morgan fingerprint density at radius 3 is 2.59 bits per heavy atom. The summed E-state index contributed by atoms with van der Waals surface area (Å²) in [5.41, 5.74) is 6.81. The van der Waals surface area contributed by atoms with Gasteiger partial charge in [0.05, 0.1) is 0 Å². The normalized spacial score (nSPS) is 10.9. The van der Waals surface area contributed by atoms with Gasteiger partial charge in [0.1, 0.15) is 5.82 Å². The quantitative estimate of drug-likeness (QED) is 0.868. The van der Waals surface area contributed by atoms with Crippen molar-refractivity contribution in [1.82, 2.24) is 9.88 Å². The fourth-order valence-electron chi connectivity index (χ4n) is 1.70. The molecule has 0 bridgehead atoms. The molecule has 0 aromatic carbocycles. The van der Waals surface area contributed by atoms with Crippen LogP contribution in [0, 0.1) is 0 Å². The molecule has 1 heterocycles. The predicted octanol–water partition coefficient (Wildman–Crippen LogP) is 1.69. The average Bonchev–Trinajstić information content (AvgIpc) is 2.28. The van der Waals surface area contributed by atoms with Crippen molar-refractivity contribution in [3.63, 3.8) is 0 Å². The van der Waals surface area contributed by atoms with Gasteiger partial charge in [0.25, 0.3) is 0 Å². The average molecular weight is 301 g/mol. The lowest BCUT2D eigenvalue weighted by Gasteiger charge is -2.21. The van der Waals surface area contributed by atoms with E-state index >= 15 is 0 Å². The van der Waals surface area contributed by atoms with Crippen molar-refractivity contribution >= 4 is 21.7 Å². The van der Waals surface area contributed by atoms with Crippen molar-refractivity contribution in [2.24, 2.45) is 5.73 Å². The first-order valence-electron chi connectivity index (χ1n) is 5.75. The topological polar surface area (TPSA) is 45.4 Å². The number of anilines is 1. The molecule has 96 valence electrons. The van der Waals surface area contributed by atoms with E-state index in [1.807, 2.05) is 12.3 Å². The van der Waals surface area contributed by atoms with Crippen molar-refractivity contribution in [2.45, 2.75) is 13.0 Å². The lowest BCUT2D eigenvalue weighted by Crippen LogP contribution is -2.25. The standard InChI is InChI=1S/C12H21BrN4/c1-16(2)5-4-6-17(3)12-10(8-14)7-11(13)9-15-12/h7,9H,4-6,8,14H2,1-3H3. The molecule has 0 amide bonds. The summed E-state index contributed by atoms with van der Waals surface area (Å²) in [6.45, 7) is 2.58. The molecule has 0 spiro atoms. The van der Waals surface area contributed by atoms with Crippen molar-refractivity contribution in [1.29, 1.82) is 0 Å². The molecule has 0 saturated heterocycles. The van der Waals surface area contributed by atoms with Crippen LogP contribution in [0.4, 0.5) is 5.82 Å². The lowest BCUT2D eigenvalue weighted by atomic mass is 10.2. The van der Waals surface area contributed by atoms with E-state index in [0.717, 1.165) is 35.4 Å². The van der Waals surface area contributed by atoms with Crippen molar-refractivity contribution in [2.75, 3.05) is 39.1 Å². The molecule has 0 radical (unpaired) electrons. The van der Waals surface area contributed by atoms with Gasteiger partial charge in [-0.3, -0.25) is 0 Å². The number of pyridine rings is 1. The first-order valence-corrected chi connectivity index (χ1v) is 6.54. The zero-order chi connectivity index (χ0) is 12.8. The van der Waals surface area contributed by atoms with Gasteiger partial charge >= 0.3 is 0 Å². The molecule has 0 aliphatic rings. The summed E-state index contributed by atoms with van der Waals surface area (Å²) in [7, 11) is 6.23. The first-order chi connectivity index (χ1) is 8.04. The molecule has 1 aromatic rings. The minimum atomic E-state index is 0.514. The van der Waals surface area contributed by atoms with E-state index in [-0.39, 0.29) is 0 Å². The highest BCUT2D eigenvalue weighted by Gasteiger charge is 2.08. The Kier molecular flexibility index (Phi) is 5.88. The van der Waals surface area contributed by atoms with Crippen LogP contribution in [0.5, 0.6) is 0 Å². The summed E-state index contributed by atoms with van der Waals surface area (Å²) in [4.78, 5) is 8.78. The molecule has 17 heavy (non-hydrogen) atoms. The van der Waals surface area contributed by atoms with Crippen LogP contribution in [-0.4, -0.2) is 44.1 Å². The van der Waals surface area contributed by atoms with E-state index in [1.165, 1.54) is 0 Å². The summed E-state index contributed by atoms with van der Waals surface area (Å²) >= 11 is 3.41. The maximum atomic E-state index is 5.74. The van der Waals surface area contributed by atoms with Gasteiger partial charge in [-0.05, 0) is 49.1 Å². The van der Waals surface area contributed by atoms with Gasteiger partial charge in [-0.2, -0.15) is 0 Å². The number of halogens is 1. The molecule has 0 aliphatic carbocycles. The number of hydrogen-bond acceptors (Lipinski definition) is 4. The van der Waals surface area contributed by atoms with Crippen LogP contribution in [0.3, 0.4) is 0 Å². The van der Waals surface area contributed by atoms with Crippen LogP contribution in [0.1, 0.15) is 12.0 Å². The Hall–Kier alpha value is -0.650. The molecular formula is C12H21BrN4. The van der Waals surface area contributed by atoms with Crippen LogP contribution < -0.4 is 10.6 Å². The Labute approximate surface area is 112 Å². The summed E-state index contributed by atoms with van der Waals surface area (Å²) < 4.78 is 0.975. The SMILES string of the molecule is CN(C)CCCN(C)c1ncc(Br)cc1CN. The third kappa shape index (κ3) is 4.61. The molecule has 0 atom stereocenters. The predicted molar refractivity (Wildman–Crippen MR) is 76.3 cm³/mol.